The van der Waals surface area contributed by atoms with E-state index in [9.17, 15) is 8.78 Å². The van der Waals surface area contributed by atoms with Gasteiger partial charge in [-0.1, -0.05) is 18.3 Å². The summed E-state index contributed by atoms with van der Waals surface area (Å²) in [6, 6.07) is 3.51. The Hall–Kier alpha value is -1.62. The molecule has 5 heteroatoms. The first-order valence-corrected chi connectivity index (χ1v) is 5.88. The fourth-order valence-electron chi connectivity index (χ4n) is 1.63. The minimum atomic E-state index is -0.586. The molecule has 1 N–H and O–H groups in total. The van der Waals surface area contributed by atoms with Crippen molar-refractivity contribution in [3.05, 3.63) is 57.1 Å². The maximum absolute atomic E-state index is 13.5. The number of aryl methyl sites for hydroxylation is 1. The van der Waals surface area contributed by atoms with Crippen molar-refractivity contribution in [3.8, 4) is 0 Å². The molecule has 94 valence electrons. The Morgan fingerprint density at radius 2 is 2.00 bits per heavy atom. The number of benzene rings is 1. The molecule has 2 nitrogen and oxygen atoms in total. The molecule has 0 amide bonds. The van der Waals surface area contributed by atoms with Gasteiger partial charge in [0, 0.05) is 23.7 Å². The summed E-state index contributed by atoms with van der Waals surface area (Å²) in [5, 5.41) is 0. The van der Waals surface area contributed by atoms with Crippen molar-refractivity contribution in [1.82, 2.24) is 9.97 Å². The number of halogens is 2. The monoisotopic (exact) mass is 266 g/mol. The summed E-state index contributed by atoms with van der Waals surface area (Å²) in [5.74, 6) is -0.583. The van der Waals surface area contributed by atoms with Gasteiger partial charge in [0.15, 0.2) is 0 Å². The first-order valence-electron chi connectivity index (χ1n) is 5.47. The van der Waals surface area contributed by atoms with Crippen LogP contribution in [-0.4, -0.2) is 9.97 Å². The third-order valence-electron chi connectivity index (χ3n) is 2.82. The Morgan fingerprint density at radius 3 is 2.61 bits per heavy atom. The predicted octanol–water partition coefficient (Wildman–Crippen LogP) is 3.63. The van der Waals surface area contributed by atoms with Crippen LogP contribution in [0.2, 0.25) is 0 Å². The van der Waals surface area contributed by atoms with Crippen LogP contribution in [0.25, 0.3) is 0 Å². The summed E-state index contributed by atoms with van der Waals surface area (Å²) in [7, 11) is 0. The van der Waals surface area contributed by atoms with Gasteiger partial charge in [0.1, 0.15) is 22.1 Å². The number of nitrogens with one attached hydrogen (secondary N) is 1. The SMILES string of the molecule is Cc1[nH]c(Cc2ccc(F)cc2F)nc(=S)c1C. The molecule has 2 rings (SSSR count). The summed E-state index contributed by atoms with van der Waals surface area (Å²) in [5.41, 5.74) is 2.21. The molecule has 0 aliphatic carbocycles. The molecule has 0 spiro atoms. The third kappa shape index (κ3) is 2.61. The minimum absolute atomic E-state index is 0.261. The van der Waals surface area contributed by atoms with E-state index in [4.69, 9.17) is 12.2 Å². The van der Waals surface area contributed by atoms with Gasteiger partial charge in [0.05, 0.1) is 0 Å². The van der Waals surface area contributed by atoms with Gasteiger partial charge in [-0.05, 0) is 25.5 Å². The van der Waals surface area contributed by atoms with Crippen molar-refractivity contribution in [3.63, 3.8) is 0 Å². The van der Waals surface area contributed by atoms with Gasteiger partial charge < -0.3 is 4.98 Å². The average molecular weight is 266 g/mol. The van der Waals surface area contributed by atoms with Crippen LogP contribution in [0.5, 0.6) is 0 Å². The summed E-state index contributed by atoms with van der Waals surface area (Å²) >= 11 is 5.11. The van der Waals surface area contributed by atoms with Crippen molar-refractivity contribution >= 4 is 12.2 Å². The van der Waals surface area contributed by atoms with Gasteiger partial charge in [-0.2, -0.15) is 0 Å². The van der Waals surface area contributed by atoms with E-state index in [1.807, 2.05) is 13.8 Å². The second-order valence-corrected chi connectivity index (χ2v) is 4.54. The summed E-state index contributed by atoms with van der Waals surface area (Å²) in [6.45, 7) is 3.76. The van der Waals surface area contributed by atoms with E-state index in [-0.39, 0.29) is 6.42 Å². The second kappa shape index (κ2) is 4.94. The molecule has 0 atom stereocenters. The van der Waals surface area contributed by atoms with E-state index >= 15 is 0 Å². The minimum Gasteiger partial charge on any atom is -0.347 e. The molecule has 0 radical (unpaired) electrons. The predicted molar refractivity (Wildman–Crippen MR) is 68.1 cm³/mol. The van der Waals surface area contributed by atoms with Gasteiger partial charge >= 0.3 is 0 Å². The molecule has 0 saturated carbocycles. The number of aromatic amines is 1. The molecule has 0 saturated heterocycles. The molecule has 1 heterocycles. The first-order chi connectivity index (χ1) is 8.47. The van der Waals surface area contributed by atoms with E-state index in [2.05, 4.69) is 9.97 Å². The molecule has 0 bridgehead atoms. The Bertz CT molecular complexity index is 650. The number of rotatable bonds is 2. The first kappa shape index (κ1) is 12.8. The van der Waals surface area contributed by atoms with Crippen LogP contribution in [-0.2, 0) is 6.42 Å². The molecule has 0 aliphatic heterocycles. The fraction of sp³-hybridized carbons (Fsp3) is 0.231. The normalized spacial score (nSPS) is 10.7. The Morgan fingerprint density at radius 1 is 1.28 bits per heavy atom. The van der Waals surface area contributed by atoms with Crippen LogP contribution < -0.4 is 0 Å². The lowest BCUT2D eigenvalue weighted by atomic mass is 10.1. The van der Waals surface area contributed by atoms with Crippen LogP contribution >= 0.6 is 12.2 Å². The van der Waals surface area contributed by atoms with E-state index in [0.29, 0.717) is 16.0 Å². The lowest BCUT2D eigenvalue weighted by Gasteiger charge is -2.06. The maximum atomic E-state index is 13.5. The Labute approximate surface area is 109 Å². The lowest BCUT2D eigenvalue weighted by Crippen LogP contribution is -2.03. The van der Waals surface area contributed by atoms with E-state index < -0.39 is 11.6 Å². The van der Waals surface area contributed by atoms with Crippen LogP contribution in [0.1, 0.15) is 22.6 Å². The fourth-order valence-corrected chi connectivity index (χ4v) is 1.90. The van der Waals surface area contributed by atoms with Gasteiger partial charge in [0.25, 0.3) is 0 Å². The highest BCUT2D eigenvalue weighted by molar-refractivity contribution is 7.71. The number of aromatic nitrogens is 2. The summed E-state index contributed by atoms with van der Waals surface area (Å²) in [6.07, 6.45) is 0.261. The Kier molecular flexibility index (Phi) is 3.52. The summed E-state index contributed by atoms with van der Waals surface area (Å²) < 4.78 is 26.8. The number of nitrogens with zero attached hydrogens (tertiary/aromatic N) is 1. The molecule has 0 fully saturated rings. The van der Waals surface area contributed by atoms with Gasteiger partial charge in [-0.3, -0.25) is 0 Å². The van der Waals surface area contributed by atoms with Crippen molar-refractivity contribution in [2.75, 3.05) is 0 Å². The standard InChI is InChI=1S/C13H12F2N2S/c1-7-8(2)16-12(17-13(7)18)5-9-3-4-10(14)6-11(9)15/h3-4,6H,5H2,1-2H3,(H,16,17,18). The third-order valence-corrected chi connectivity index (χ3v) is 3.22. The topological polar surface area (TPSA) is 28.7 Å². The molecular weight excluding hydrogens is 254 g/mol. The van der Waals surface area contributed by atoms with Crippen LogP contribution in [0.3, 0.4) is 0 Å². The molecule has 1 aromatic heterocycles. The zero-order valence-electron chi connectivity index (χ0n) is 10.1. The Balaban J connectivity index is 2.37. The molecule has 1 aromatic carbocycles. The molecular formula is C13H12F2N2S. The molecule has 2 aromatic rings. The highest BCUT2D eigenvalue weighted by Crippen LogP contribution is 2.14. The number of H-pyrrole nitrogens is 1. The second-order valence-electron chi connectivity index (χ2n) is 4.15. The van der Waals surface area contributed by atoms with Gasteiger partial charge in [-0.25, -0.2) is 13.8 Å². The smallest absolute Gasteiger partial charge is 0.132 e. The van der Waals surface area contributed by atoms with Gasteiger partial charge in [0.2, 0.25) is 0 Å². The van der Waals surface area contributed by atoms with E-state index in [1.165, 1.54) is 12.1 Å². The molecule has 0 unspecified atom stereocenters. The largest absolute Gasteiger partial charge is 0.347 e. The zero-order valence-corrected chi connectivity index (χ0v) is 10.9. The summed E-state index contributed by atoms with van der Waals surface area (Å²) in [4.78, 5) is 7.26. The zero-order chi connectivity index (χ0) is 13.3. The van der Waals surface area contributed by atoms with Crippen LogP contribution in [0.4, 0.5) is 8.78 Å². The van der Waals surface area contributed by atoms with Crippen molar-refractivity contribution in [2.45, 2.75) is 20.3 Å². The van der Waals surface area contributed by atoms with Gasteiger partial charge in [-0.15, -0.1) is 0 Å². The van der Waals surface area contributed by atoms with Crippen LogP contribution in [0, 0.1) is 30.1 Å². The number of hydrogen-bond donors (Lipinski definition) is 1. The molecule has 0 aliphatic rings. The van der Waals surface area contributed by atoms with Crippen LogP contribution in [0.15, 0.2) is 18.2 Å². The number of hydrogen-bond acceptors (Lipinski definition) is 2. The average Bonchev–Trinajstić information content (AvgIpc) is 2.29. The highest BCUT2D eigenvalue weighted by atomic mass is 32.1. The van der Waals surface area contributed by atoms with Crippen molar-refractivity contribution in [1.29, 1.82) is 0 Å². The lowest BCUT2D eigenvalue weighted by molar-refractivity contribution is 0.573. The molecule has 18 heavy (non-hydrogen) atoms. The highest BCUT2D eigenvalue weighted by Gasteiger charge is 2.07. The maximum Gasteiger partial charge on any atom is 0.132 e. The van der Waals surface area contributed by atoms with E-state index in [0.717, 1.165) is 17.3 Å². The van der Waals surface area contributed by atoms with Crippen molar-refractivity contribution in [2.24, 2.45) is 0 Å². The quantitative estimate of drug-likeness (QED) is 0.841. The van der Waals surface area contributed by atoms with E-state index in [1.54, 1.807) is 0 Å². The van der Waals surface area contributed by atoms with Crippen molar-refractivity contribution < 1.29 is 8.78 Å².